The number of methoxy groups -OCH3 is 1. The van der Waals surface area contributed by atoms with Crippen LogP contribution in [0.5, 0.6) is 0 Å². The Labute approximate surface area is 95.0 Å². The standard InChI is InChI=1S/C13H28O2/c1-5-7-8-12(6-2)11-13(3,14)9-10-15-4/h12,14H,5-11H2,1-4H3. The van der Waals surface area contributed by atoms with Crippen molar-refractivity contribution in [3.63, 3.8) is 0 Å². The Morgan fingerprint density at radius 2 is 2.00 bits per heavy atom. The van der Waals surface area contributed by atoms with Crippen molar-refractivity contribution in [3.8, 4) is 0 Å². The second kappa shape index (κ2) is 8.12. The summed E-state index contributed by atoms with van der Waals surface area (Å²) in [7, 11) is 1.68. The molecule has 0 aromatic heterocycles. The van der Waals surface area contributed by atoms with Gasteiger partial charge in [-0.25, -0.2) is 0 Å². The van der Waals surface area contributed by atoms with Gasteiger partial charge in [0.1, 0.15) is 0 Å². The van der Waals surface area contributed by atoms with Gasteiger partial charge in [0.2, 0.25) is 0 Å². The molecule has 1 N–H and O–H groups in total. The number of rotatable bonds is 9. The van der Waals surface area contributed by atoms with Crippen LogP contribution >= 0.6 is 0 Å². The molecule has 0 bridgehead atoms. The van der Waals surface area contributed by atoms with Crippen molar-refractivity contribution in [1.82, 2.24) is 0 Å². The van der Waals surface area contributed by atoms with E-state index in [0.717, 1.165) is 12.8 Å². The van der Waals surface area contributed by atoms with E-state index < -0.39 is 5.60 Å². The van der Waals surface area contributed by atoms with Crippen LogP contribution in [0.4, 0.5) is 0 Å². The third-order valence-electron chi connectivity index (χ3n) is 3.12. The largest absolute Gasteiger partial charge is 0.390 e. The van der Waals surface area contributed by atoms with Gasteiger partial charge in [-0.3, -0.25) is 0 Å². The normalized spacial score (nSPS) is 17.4. The summed E-state index contributed by atoms with van der Waals surface area (Å²) >= 11 is 0. The number of hydrogen-bond acceptors (Lipinski definition) is 2. The molecule has 2 atom stereocenters. The highest BCUT2D eigenvalue weighted by molar-refractivity contribution is 4.76. The van der Waals surface area contributed by atoms with Gasteiger partial charge in [-0.05, 0) is 25.7 Å². The van der Waals surface area contributed by atoms with Gasteiger partial charge in [0.25, 0.3) is 0 Å². The van der Waals surface area contributed by atoms with E-state index in [1.807, 2.05) is 6.92 Å². The highest BCUT2D eigenvalue weighted by Crippen LogP contribution is 2.26. The number of unbranched alkanes of at least 4 members (excludes halogenated alkanes) is 1. The van der Waals surface area contributed by atoms with Crippen molar-refractivity contribution in [2.45, 2.75) is 64.9 Å². The maximum absolute atomic E-state index is 10.2. The molecule has 0 spiro atoms. The molecule has 15 heavy (non-hydrogen) atoms. The van der Waals surface area contributed by atoms with Gasteiger partial charge < -0.3 is 9.84 Å². The van der Waals surface area contributed by atoms with E-state index in [2.05, 4.69) is 13.8 Å². The minimum Gasteiger partial charge on any atom is -0.390 e. The monoisotopic (exact) mass is 216 g/mol. The van der Waals surface area contributed by atoms with E-state index >= 15 is 0 Å². The summed E-state index contributed by atoms with van der Waals surface area (Å²) in [6.45, 7) is 7.01. The van der Waals surface area contributed by atoms with Gasteiger partial charge in [0, 0.05) is 13.7 Å². The second-order valence-electron chi connectivity index (χ2n) is 4.86. The number of ether oxygens (including phenoxy) is 1. The molecule has 0 rings (SSSR count). The summed E-state index contributed by atoms with van der Waals surface area (Å²) in [5.41, 5.74) is -0.551. The highest BCUT2D eigenvalue weighted by Gasteiger charge is 2.23. The van der Waals surface area contributed by atoms with Crippen LogP contribution in [0.3, 0.4) is 0 Å². The van der Waals surface area contributed by atoms with E-state index in [0.29, 0.717) is 12.5 Å². The zero-order valence-corrected chi connectivity index (χ0v) is 10.9. The smallest absolute Gasteiger partial charge is 0.0644 e. The fourth-order valence-corrected chi connectivity index (χ4v) is 1.99. The van der Waals surface area contributed by atoms with Gasteiger partial charge in [-0.2, -0.15) is 0 Å². The summed E-state index contributed by atoms with van der Waals surface area (Å²) in [5.74, 6) is 0.664. The third kappa shape index (κ3) is 7.80. The quantitative estimate of drug-likeness (QED) is 0.640. The Morgan fingerprint density at radius 3 is 2.47 bits per heavy atom. The fraction of sp³-hybridized carbons (Fsp3) is 1.00. The molecular weight excluding hydrogens is 188 g/mol. The first-order valence-corrected chi connectivity index (χ1v) is 6.27. The summed E-state index contributed by atoms with van der Waals surface area (Å²) < 4.78 is 5.01. The van der Waals surface area contributed by atoms with E-state index in [1.165, 1.54) is 25.7 Å². The molecule has 0 saturated carbocycles. The van der Waals surface area contributed by atoms with Crippen LogP contribution in [0.1, 0.15) is 59.3 Å². The molecule has 0 saturated heterocycles. The molecular formula is C13H28O2. The molecule has 2 nitrogen and oxygen atoms in total. The molecule has 0 amide bonds. The molecule has 0 aromatic rings. The molecule has 2 heteroatoms. The van der Waals surface area contributed by atoms with Crippen molar-refractivity contribution in [2.24, 2.45) is 5.92 Å². The number of aliphatic hydroxyl groups is 1. The summed E-state index contributed by atoms with van der Waals surface area (Å²) in [6, 6.07) is 0. The highest BCUT2D eigenvalue weighted by atomic mass is 16.5. The zero-order chi connectivity index (χ0) is 11.7. The molecule has 0 aliphatic carbocycles. The summed E-state index contributed by atoms with van der Waals surface area (Å²) in [6.07, 6.45) is 6.59. The number of hydrogen-bond donors (Lipinski definition) is 1. The molecule has 0 radical (unpaired) electrons. The molecule has 0 aliphatic heterocycles. The first-order valence-electron chi connectivity index (χ1n) is 6.27. The lowest BCUT2D eigenvalue weighted by Crippen LogP contribution is -2.29. The van der Waals surface area contributed by atoms with E-state index in [-0.39, 0.29) is 0 Å². The molecule has 2 unspecified atom stereocenters. The Morgan fingerprint density at radius 1 is 1.33 bits per heavy atom. The second-order valence-corrected chi connectivity index (χ2v) is 4.86. The van der Waals surface area contributed by atoms with Crippen LogP contribution in [-0.4, -0.2) is 24.4 Å². The third-order valence-corrected chi connectivity index (χ3v) is 3.12. The minimum absolute atomic E-state index is 0.551. The Kier molecular flexibility index (Phi) is 8.07. The predicted octanol–water partition coefficient (Wildman–Crippen LogP) is 3.38. The molecule has 0 aliphatic rings. The molecule has 92 valence electrons. The summed E-state index contributed by atoms with van der Waals surface area (Å²) in [4.78, 5) is 0. The lowest BCUT2D eigenvalue weighted by Gasteiger charge is -2.28. The lowest BCUT2D eigenvalue weighted by atomic mass is 9.85. The van der Waals surface area contributed by atoms with Gasteiger partial charge in [0.05, 0.1) is 5.60 Å². The van der Waals surface area contributed by atoms with Crippen LogP contribution in [0.2, 0.25) is 0 Å². The molecule has 0 heterocycles. The van der Waals surface area contributed by atoms with Crippen molar-refractivity contribution >= 4 is 0 Å². The summed E-state index contributed by atoms with van der Waals surface area (Å²) in [5, 5.41) is 10.2. The van der Waals surface area contributed by atoms with Crippen molar-refractivity contribution in [1.29, 1.82) is 0 Å². The van der Waals surface area contributed by atoms with Gasteiger partial charge in [-0.15, -0.1) is 0 Å². The lowest BCUT2D eigenvalue weighted by molar-refractivity contribution is 0.00220. The minimum atomic E-state index is -0.551. The van der Waals surface area contributed by atoms with Crippen LogP contribution < -0.4 is 0 Å². The van der Waals surface area contributed by atoms with E-state index in [9.17, 15) is 5.11 Å². The predicted molar refractivity (Wildman–Crippen MR) is 65.0 cm³/mol. The maximum Gasteiger partial charge on any atom is 0.0644 e. The first kappa shape index (κ1) is 14.9. The Balaban J connectivity index is 3.90. The van der Waals surface area contributed by atoms with E-state index in [4.69, 9.17) is 4.74 Å². The first-order chi connectivity index (χ1) is 7.05. The maximum atomic E-state index is 10.2. The van der Waals surface area contributed by atoms with Crippen molar-refractivity contribution in [2.75, 3.05) is 13.7 Å². The van der Waals surface area contributed by atoms with Crippen molar-refractivity contribution < 1.29 is 9.84 Å². The van der Waals surface area contributed by atoms with Crippen LogP contribution in [0.15, 0.2) is 0 Å². The molecule has 0 fully saturated rings. The average molecular weight is 216 g/mol. The van der Waals surface area contributed by atoms with Crippen LogP contribution in [-0.2, 0) is 4.74 Å². The average Bonchev–Trinajstić information content (AvgIpc) is 2.21. The Hall–Kier alpha value is -0.0800. The van der Waals surface area contributed by atoms with E-state index in [1.54, 1.807) is 7.11 Å². The zero-order valence-electron chi connectivity index (χ0n) is 10.9. The molecule has 0 aromatic carbocycles. The van der Waals surface area contributed by atoms with Crippen LogP contribution in [0, 0.1) is 5.92 Å². The van der Waals surface area contributed by atoms with Gasteiger partial charge >= 0.3 is 0 Å². The van der Waals surface area contributed by atoms with Crippen LogP contribution in [0.25, 0.3) is 0 Å². The SMILES string of the molecule is CCCCC(CC)CC(C)(O)CCOC. The topological polar surface area (TPSA) is 29.5 Å². The fourth-order valence-electron chi connectivity index (χ4n) is 1.99. The van der Waals surface area contributed by atoms with Gasteiger partial charge in [-0.1, -0.05) is 39.5 Å². The Bertz CT molecular complexity index is 143. The van der Waals surface area contributed by atoms with Gasteiger partial charge in [0.15, 0.2) is 0 Å². The van der Waals surface area contributed by atoms with Crippen molar-refractivity contribution in [3.05, 3.63) is 0 Å².